The molecule has 2 N–H and O–H groups in total. The number of benzene rings is 1. The van der Waals surface area contributed by atoms with Crippen LogP contribution >= 0.6 is 15.9 Å². The molecule has 106 valence electrons. The number of rotatable bonds is 5. The summed E-state index contributed by atoms with van der Waals surface area (Å²) in [6.07, 6.45) is 5.78. The van der Waals surface area contributed by atoms with Gasteiger partial charge in [-0.15, -0.1) is 0 Å². The number of aliphatic hydroxyl groups is 1. The van der Waals surface area contributed by atoms with Crippen LogP contribution in [0, 0.1) is 11.2 Å². The van der Waals surface area contributed by atoms with E-state index in [2.05, 4.69) is 21.2 Å². The number of hydrogen-bond acceptors (Lipinski definition) is 2. The Bertz CT molecular complexity index is 419. The van der Waals surface area contributed by atoms with E-state index in [4.69, 9.17) is 0 Å². The van der Waals surface area contributed by atoms with E-state index in [1.807, 2.05) is 6.07 Å². The van der Waals surface area contributed by atoms with Gasteiger partial charge in [-0.1, -0.05) is 41.3 Å². The summed E-state index contributed by atoms with van der Waals surface area (Å²) >= 11 is 3.25. The van der Waals surface area contributed by atoms with Crippen molar-refractivity contribution in [3.05, 3.63) is 34.1 Å². The van der Waals surface area contributed by atoms with E-state index in [0.717, 1.165) is 23.9 Å². The van der Waals surface area contributed by atoms with Crippen molar-refractivity contribution >= 4 is 15.9 Å². The van der Waals surface area contributed by atoms with Crippen LogP contribution < -0.4 is 5.32 Å². The third kappa shape index (κ3) is 4.01. The van der Waals surface area contributed by atoms with Crippen LogP contribution in [0.3, 0.4) is 0 Å². The predicted molar refractivity (Wildman–Crippen MR) is 78.4 cm³/mol. The maximum absolute atomic E-state index is 13.7. The van der Waals surface area contributed by atoms with E-state index in [9.17, 15) is 9.50 Å². The SMILES string of the molecule is OCC1(CNCc2ccc(Br)cc2F)CCCCC1. The Morgan fingerprint density at radius 3 is 2.63 bits per heavy atom. The van der Waals surface area contributed by atoms with Gasteiger partial charge >= 0.3 is 0 Å². The first-order valence-corrected chi connectivity index (χ1v) is 7.70. The van der Waals surface area contributed by atoms with Gasteiger partial charge in [-0.2, -0.15) is 0 Å². The van der Waals surface area contributed by atoms with Crippen molar-refractivity contribution in [2.24, 2.45) is 5.41 Å². The lowest BCUT2D eigenvalue weighted by Gasteiger charge is -2.35. The Labute approximate surface area is 122 Å². The lowest BCUT2D eigenvalue weighted by molar-refractivity contribution is 0.0810. The Balaban J connectivity index is 1.88. The summed E-state index contributed by atoms with van der Waals surface area (Å²) in [5.74, 6) is -0.191. The molecule has 0 heterocycles. The highest BCUT2D eigenvalue weighted by atomic mass is 79.9. The Morgan fingerprint density at radius 1 is 1.26 bits per heavy atom. The molecule has 0 atom stereocenters. The number of hydrogen-bond donors (Lipinski definition) is 2. The maximum Gasteiger partial charge on any atom is 0.128 e. The fourth-order valence-electron chi connectivity index (χ4n) is 2.82. The molecule has 1 saturated carbocycles. The summed E-state index contributed by atoms with van der Waals surface area (Å²) in [7, 11) is 0. The van der Waals surface area contributed by atoms with Crippen LogP contribution in [0.2, 0.25) is 0 Å². The van der Waals surface area contributed by atoms with Gasteiger partial charge in [0, 0.05) is 35.1 Å². The molecule has 0 amide bonds. The van der Waals surface area contributed by atoms with Crippen LogP contribution in [0.25, 0.3) is 0 Å². The third-order valence-corrected chi connectivity index (χ3v) is 4.57. The van der Waals surface area contributed by atoms with Crippen LogP contribution in [0.4, 0.5) is 4.39 Å². The summed E-state index contributed by atoms with van der Waals surface area (Å²) in [6.45, 7) is 1.50. The van der Waals surface area contributed by atoms with E-state index >= 15 is 0 Å². The smallest absolute Gasteiger partial charge is 0.128 e. The maximum atomic E-state index is 13.7. The lowest BCUT2D eigenvalue weighted by Crippen LogP contribution is -2.38. The molecule has 0 unspecified atom stereocenters. The molecule has 0 aliphatic heterocycles. The minimum Gasteiger partial charge on any atom is -0.396 e. The van der Waals surface area contributed by atoms with Gasteiger partial charge in [0.15, 0.2) is 0 Å². The van der Waals surface area contributed by atoms with Crippen molar-refractivity contribution in [3.63, 3.8) is 0 Å². The molecule has 0 saturated heterocycles. The molecule has 0 aromatic heterocycles. The van der Waals surface area contributed by atoms with E-state index in [0.29, 0.717) is 12.1 Å². The van der Waals surface area contributed by atoms with E-state index < -0.39 is 0 Å². The minimum absolute atomic E-state index is 0.00406. The van der Waals surface area contributed by atoms with E-state index in [1.54, 1.807) is 6.07 Å². The van der Waals surface area contributed by atoms with Crippen molar-refractivity contribution in [1.82, 2.24) is 5.32 Å². The van der Waals surface area contributed by atoms with Gasteiger partial charge in [0.1, 0.15) is 5.82 Å². The van der Waals surface area contributed by atoms with Gasteiger partial charge in [0.05, 0.1) is 0 Å². The quantitative estimate of drug-likeness (QED) is 0.864. The van der Waals surface area contributed by atoms with Crippen LogP contribution in [-0.4, -0.2) is 18.3 Å². The van der Waals surface area contributed by atoms with Crippen molar-refractivity contribution in [2.45, 2.75) is 38.6 Å². The minimum atomic E-state index is -0.191. The van der Waals surface area contributed by atoms with Crippen LogP contribution in [0.1, 0.15) is 37.7 Å². The summed E-state index contributed by atoms with van der Waals surface area (Å²) in [4.78, 5) is 0. The Kier molecular flexibility index (Phi) is 5.37. The highest BCUT2D eigenvalue weighted by molar-refractivity contribution is 9.10. The van der Waals surface area contributed by atoms with Crippen molar-refractivity contribution in [1.29, 1.82) is 0 Å². The molecule has 4 heteroatoms. The molecular weight excluding hydrogens is 309 g/mol. The summed E-state index contributed by atoms with van der Waals surface area (Å²) in [5.41, 5.74) is 0.677. The highest BCUT2D eigenvalue weighted by Gasteiger charge is 2.30. The van der Waals surface area contributed by atoms with Gasteiger partial charge in [-0.3, -0.25) is 0 Å². The molecule has 1 aromatic rings. The zero-order valence-electron chi connectivity index (χ0n) is 11.1. The van der Waals surface area contributed by atoms with Gasteiger partial charge in [0.25, 0.3) is 0 Å². The molecule has 1 fully saturated rings. The number of aliphatic hydroxyl groups excluding tert-OH is 1. The number of nitrogens with one attached hydrogen (secondary N) is 1. The van der Waals surface area contributed by atoms with Crippen molar-refractivity contribution in [2.75, 3.05) is 13.2 Å². The standard InChI is InChI=1S/C15H21BrFNO/c16-13-5-4-12(14(17)8-13)9-18-10-15(11-19)6-2-1-3-7-15/h4-5,8,18-19H,1-3,6-7,9-11H2. The molecule has 0 bridgehead atoms. The average Bonchev–Trinajstić information content (AvgIpc) is 2.42. The molecule has 19 heavy (non-hydrogen) atoms. The van der Waals surface area contributed by atoms with Gasteiger partial charge < -0.3 is 10.4 Å². The van der Waals surface area contributed by atoms with Crippen LogP contribution in [0.15, 0.2) is 22.7 Å². The molecule has 2 nitrogen and oxygen atoms in total. The largest absolute Gasteiger partial charge is 0.396 e. The summed E-state index contributed by atoms with van der Waals surface area (Å²) in [6, 6.07) is 5.13. The Hall–Kier alpha value is -0.450. The van der Waals surface area contributed by atoms with Crippen molar-refractivity contribution in [3.8, 4) is 0 Å². The first-order chi connectivity index (χ1) is 9.15. The van der Waals surface area contributed by atoms with Gasteiger partial charge in [-0.05, 0) is 25.0 Å². The Morgan fingerprint density at radius 2 is 2.00 bits per heavy atom. The molecule has 1 aromatic carbocycles. The average molecular weight is 330 g/mol. The normalized spacial score (nSPS) is 18.5. The zero-order valence-corrected chi connectivity index (χ0v) is 12.7. The summed E-state index contributed by atoms with van der Waals surface area (Å²) in [5, 5.41) is 12.9. The third-order valence-electron chi connectivity index (χ3n) is 4.08. The summed E-state index contributed by atoms with van der Waals surface area (Å²) < 4.78 is 14.4. The molecule has 0 radical (unpaired) electrons. The van der Waals surface area contributed by atoms with Crippen molar-refractivity contribution < 1.29 is 9.50 Å². The second-order valence-corrected chi connectivity index (χ2v) is 6.47. The molecule has 0 spiro atoms. The highest BCUT2D eigenvalue weighted by Crippen LogP contribution is 2.35. The fraction of sp³-hybridized carbons (Fsp3) is 0.600. The molecule has 1 aliphatic carbocycles. The zero-order chi connectivity index (χ0) is 13.7. The van der Waals surface area contributed by atoms with Crippen LogP contribution in [0.5, 0.6) is 0 Å². The van der Waals surface area contributed by atoms with Gasteiger partial charge in [0.2, 0.25) is 0 Å². The topological polar surface area (TPSA) is 32.3 Å². The fourth-order valence-corrected chi connectivity index (χ4v) is 3.15. The van der Waals surface area contributed by atoms with E-state index in [1.165, 1.54) is 25.3 Å². The first-order valence-electron chi connectivity index (χ1n) is 6.91. The van der Waals surface area contributed by atoms with Crippen LogP contribution in [-0.2, 0) is 6.54 Å². The predicted octanol–water partition coefficient (Wildman–Crippen LogP) is 3.62. The lowest BCUT2D eigenvalue weighted by atomic mass is 9.74. The number of halogens is 2. The van der Waals surface area contributed by atoms with Gasteiger partial charge in [-0.25, -0.2) is 4.39 Å². The second kappa shape index (κ2) is 6.82. The second-order valence-electron chi connectivity index (χ2n) is 5.56. The molecule has 2 rings (SSSR count). The molecule has 1 aliphatic rings. The first kappa shape index (κ1) is 14.9. The van der Waals surface area contributed by atoms with E-state index in [-0.39, 0.29) is 17.8 Å². The monoisotopic (exact) mass is 329 g/mol. The molecular formula is C15H21BrFNO.